The molecule has 1 heterocycles. The van der Waals surface area contributed by atoms with Crippen LogP contribution in [0.2, 0.25) is 0 Å². The first-order chi connectivity index (χ1) is 12.0. The number of hydrogen-bond acceptors (Lipinski definition) is 4. The first-order valence-electron chi connectivity index (χ1n) is 8.30. The van der Waals surface area contributed by atoms with Crippen LogP contribution in [0.4, 0.5) is 0 Å². The first kappa shape index (κ1) is 17.3. The molecule has 3 atom stereocenters. The van der Waals surface area contributed by atoms with Gasteiger partial charge in [0.2, 0.25) is 0 Å². The quantitative estimate of drug-likeness (QED) is 0.873. The Balaban J connectivity index is 1.79. The fourth-order valence-electron chi connectivity index (χ4n) is 3.15. The van der Waals surface area contributed by atoms with E-state index in [1.807, 2.05) is 24.3 Å². The van der Waals surface area contributed by atoms with Gasteiger partial charge in [0.25, 0.3) is 0 Å². The summed E-state index contributed by atoms with van der Waals surface area (Å²) in [7, 11) is 1.63. The smallest absolute Gasteiger partial charge is 0.310 e. The summed E-state index contributed by atoms with van der Waals surface area (Å²) in [6, 6.07) is 13.0. The average molecular weight is 342 g/mol. The number of aliphatic carboxylic acids is 1. The van der Waals surface area contributed by atoms with Crippen molar-refractivity contribution in [2.75, 3.05) is 13.7 Å². The van der Waals surface area contributed by atoms with Crippen molar-refractivity contribution in [2.45, 2.75) is 25.4 Å². The number of methoxy groups -OCH3 is 1. The Morgan fingerprint density at radius 2 is 2.12 bits per heavy atom. The molecule has 132 valence electrons. The molecule has 5 heteroatoms. The first-order valence-corrected chi connectivity index (χ1v) is 8.30. The van der Waals surface area contributed by atoms with E-state index in [0.29, 0.717) is 29.9 Å². The van der Waals surface area contributed by atoms with Crippen LogP contribution in [0.25, 0.3) is 0 Å². The molecular formula is C20H22O5. The third-order valence-electron chi connectivity index (χ3n) is 4.76. The van der Waals surface area contributed by atoms with Gasteiger partial charge < -0.3 is 19.7 Å². The molecule has 0 amide bonds. The normalized spacial score (nSPS) is 20.3. The summed E-state index contributed by atoms with van der Waals surface area (Å²) in [5, 5.41) is 19.9. The van der Waals surface area contributed by atoms with E-state index < -0.39 is 18.0 Å². The fraction of sp³-hybridized carbons (Fsp3) is 0.350. The SMILES string of the molecule is COc1cccc(C[C@H]2COc3cc(C(C)C(=O)O)ccc3[C@@H]2O)c1. The van der Waals surface area contributed by atoms with Crippen molar-refractivity contribution in [1.29, 1.82) is 0 Å². The van der Waals surface area contributed by atoms with Gasteiger partial charge in [-0.05, 0) is 42.7 Å². The van der Waals surface area contributed by atoms with E-state index in [9.17, 15) is 9.90 Å². The lowest BCUT2D eigenvalue weighted by Gasteiger charge is -2.31. The molecule has 5 nitrogen and oxygen atoms in total. The van der Waals surface area contributed by atoms with E-state index >= 15 is 0 Å². The van der Waals surface area contributed by atoms with Gasteiger partial charge in [-0.3, -0.25) is 4.79 Å². The Morgan fingerprint density at radius 1 is 1.32 bits per heavy atom. The van der Waals surface area contributed by atoms with Crippen molar-refractivity contribution in [3.63, 3.8) is 0 Å². The summed E-state index contributed by atoms with van der Waals surface area (Å²) in [4.78, 5) is 11.1. The van der Waals surface area contributed by atoms with Gasteiger partial charge in [-0.1, -0.05) is 24.3 Å². The van der Waals surface area contributed by atoms with Crippen molar-refractivity contribution in [3.05, 3.63) is 59.2 Å². The molecule has 1 aliphatic heterocycles. The molecule has 2 N–H and O–H groups in total. The molecular weight excluding hydrogens is 320 g/mol. The molecule has 0 aliphatic carbocycles. The van der Waals surface area contributed by atoms with Crippen LogP contribution in [0, 0.1) is 5.92 Å². The molecule has 0 spiro atoms. The molecule has 0 saturated carbocycles. The Labute approximate surface area is 146 Å². The molecule has 0 radical (unpaired) electrons. The average Bonchev–Trinajstić information content (AvgIpc) is 2.63. The van der Waals surface area contributed by atoms with Crippen LogP contribution in [0.5, 0.6) is 11.5 Å². The fourth-order valence-corrected chi connectivity index (χ4v) is 3.15. The minimum Gasteiger partial charge on any atom is -0.497 e. The maximum absolute atomic E-state index is 11.1. The lowest BCUT2D eigenvalue weighted by Crippen LogP contribution is -2.28. The number of rotatable bonds is 5. The summed E-state index contributed by atoms with van der Waals surface area (Å²) in [6.07, 6.45) is 0.0228. The third kappa shape index (κ3) is 3.61. The topological polar surface area (TPSA) is 76.0 Å². The highest BCUT2D eigenvalue weighted by Crippen LogP contribution is 2.38. The van der Waals surface area contributed by atoms with E-state index in [2.05, 4.69) is 0 Å². The number of fused-ring (bicyclic) bond motifs is 1. The van der Waals surface area contributed by atoms with Crippen LogP contribution in [0.15, 0.2) is 42.5 Å². The van der Waals surface area contributed by atoms with Crippen molar-refractivity contribution >= 4 is 5.97 Å². The monoisotopic (exact) mass is 342 g/mol. The lowest BCUT2D eigenvalue weighted by atomic mass is 9.87. The van der Waals surface area contributed by atoms with Crippen LogP contribution in [-0.4, -0.2) is 29.9 Å². The number of carboxylic acid groups (broad SMARTS) is 1. The molecule has 2 aromatic carbocycles. The van der Waals surface area contributed by atoms with Gasteiger partial charge in [0.1, 0.15) is 11.5 Å². The number of aliphatic hydroxyl groups is 1. The minimum absolute atomic E-state index is 0.0673. The van der Waals surface area contributed by atoms with Crippen molar-refractivity contribution in [2.24, 2.45) is 5.92 Å². The number of aliphatic hydroxyl groups excluding tert-OH is 1. The predicted octanol–water partition coefficient (Wildman–Crippen LogP) is 3.17. The van der Waals surface area contributed by atoms with Crippen molar-refractivity contribution < 1.29 is 24.5 Å². The van der Waals surface area contributed by atoms with Crippen LogP contribution in [-0.2, 0) is 11.2 Å². The van der Waals surface area contributed by atoms with Crippen molar-refractivity contribution in [1.82, 2.24) is 0 Å². The Kier molecular flexibility index (Phi) is 4.95. The number of carboxylic acids is 1. The van der Waals surface area contributed by atoms with E-state index in [1.54, 1.807) is 32.2 Å². The van der Waals surface area contributed by atoms with Crippen LogP contribution in [0.3, 0.4) is 0 Å². The standard InChI is InChI=1S/C20H22O5/c1-12(20(22)23)14-6-7-17-18(10-14)25-11-15(19(17)21)8-13-4-3-5-16(9-13)24-2/h3-7,9-10,12,15,19,21H,8,11H2,1-2H3,(H,22,23)/t12?,15-,19+/m0/s1. The van der Waals surface area contributed by atoms with Crippen LogP contribution >= 0.6 is 0 Å². The van der Waals surface area contributed by atoms with Gasteiger partial charge in [0.05, 0.1) is 25.7 Å². The van der Waals surface area contributed by atoms with Gasteiger partial charge in [-0.2, -0.15) is 0 Å². The van der Waals surface area contributed by atoms with E-state index in [4.69, 9.17) is 14.6 Å². The largest absolute Gasteiger partial charge is 0.497 e. The Bertz CT molecular complexity index is 770. The summed E-state index contributed by atoms with van der Waals surface area (Å²) in [5.74, 6) is -0.202. The zero-order valence-corrected chi connectivity index (χ0v) is 14.3. The highest BCUT2D eigenvalue weighted by atomic mass is 16.5. The maximum Gasteiger partial charge on any atom is 0.310 e. The summed E-state index contributed by atoms with van der Waals surface area (Å²) < 4.78 is 11.1. The Hall–Kier alpha value is -2.53. The second-order valence-corrected chi connectivity index (χ2v) is 6.43. The molecule has 0 saturated heterocycles. The van der Waals surface area contributed by atoms with Gasteiger partial charge >= 0.3 is 5.97 Å². The molecule has 0 fully saturated rings. The van der Waals surface area contributed by atoms with Gasteiger partial charge in [-0.15, -0.1) is 0 Å². The maximum atomic E-state index is 11.1. The van der Waals surface area contributed by atoms with Crippen LogP contribution < -0.4 is 9.47 Å². The second-order valence-electron chi connectivity index (χ2n) is 6.43. The highest BCUT2D eigenvalue weighted by molar-refractivity contribution is 5.75. The summed E-state index contributed by atoms with van der Waals surface area (Å²) in [6.45, 7) is 2.02. The second kappa shape index (κ2) is 7.15. The zero-order chi connectivity index (χ0) is 18.0. The molecule has 2 aromatic rings. The van der Waals surface area contributed by atoms with E-state index in [0.717, 1.165) is 11.3 Å². The molecule has 3 rings (SSSR count). The van der Waals surface area contributed by atoms with E-state index in [-0.39, 0.29) is 5.92 Å². The molecule has 1 unspecified atom stereocenters. The number of hydrogen-bond donors (Lipinski definition) is 2. The molecule has 1 aliphatic rings. The highest BCUT2D eigenvalue weighted by Gasteiger charge is 2.30. The molecule has 0 bridgehead atoms. The third-order valence-corrected chi connectivity index (χ3v) is 4.76. The lowest BCUT2D eigenvalue weighted by molar-refractivity contribution is -0.138. The van der Waals surface area contributed by atoms with Gasteiger partial charge in [-0.25, -0.2) is 0 Å². The number of benzene rings is 2. The molecule has 25 heavy (non-hydrogen) atoms. The summed E-state index contributed by atoms with van der Waals surface area (Å²) in [5.41, 5.74) is 2.46. The van der Waals surface area contributed by atoms with Gasteiger partial charge in [0.15, 0.2) is 0 Å². The number of ether oxygens (including phenoxy) is 2. The summed E-state index contributed by atoms with van der Waals surface area (Å²) >= 11 is 0. The number of carbonyl (C=O) groups is 1. The Morgan fingerprint density at radius 3 is 2.84 bits per heavy atom. The predicted molar refractivity (Wildman–Crippen MR) is 93.1 cm³/mol. The minimum atomic E-state index is -0.882. The van der Waals surface area contributed by atoms with Crippen LogP contribution in [0.1, 0.15) is 35.6 Å². The van der Waals surface area contributed by atoms with E-state index in [1.165, 1.54) is 0 Å². The van der Waals surface area contributed by atoms with Crippen molar-refractivity contribution in [3.8, 4) is 11.5 Å². The zero-order valence-electron chi connectivity index (χ0n) is 14.3. The van der Waals surface area contributed by atoms with Gasteiger partial charge in [0, 0.05) is 11.5 Å². The molecule has 0 aromatic heterocycles.